The lowest BCUT2D eigenvalue weighted by Gasteiger charge is -2.33. The molecule has 2 aromatic carbocycles. The molecular weight excluding hydrogens is 445 g/mol. The van der Waals surface area contributed by atoms with Crippen molar-refractivity contribution in [2.24, 2.45) is 0 Å². The lowest BCUT2D eigenvalue weighted by molar-refractivity contribution is 0.0641. The standard InChI is InChI=1S/C25H28FN3O3.ClH/c1-17-7-4-5-13-28(17)14-6-12-27-23(30)18-10-11-20-21(15-18)25(32)29(24(20)31)16-19-8-2-3-9-22(19)26;/h2-3,8-11,15,17H,4-7,12-14,16H2,1H3,(H,27,30);1H. The highest BCUT2D eigenvalue weighted by atomic mass is 35.5. The molecule has 8 heteroatoms. The maximum atomic E-state index is 14.0. The van der Waals surface area contributed by atoms with Crippen LogP contribution in [0, 0.1) is 5.82 Å². The summed E-state index contributed by atoms with van der Waals surface area (Å²) in [6.07, 6.45) is 4.59. The minimum Gasteiger partial charge on any atom is -0.352 e. The molecule has 3 amide bonds. The molecular formula is C25H29ClFN3O3. The van der Waals surface area contributed by atoms with E-state index in [1.807, 2.05) is 0 Å². The number of nitrogens with one attached hydrogen (secondary N) is 1. The molecule has 2 heterocycles. The monoisotopic (exact) mass is 473 g/mol. The fourth-order valence-electron chi connectivity index (χ4n) is 4.45. The van der Waals surface area contributed by atoms with Gasteiger partial charge in [0, 0.05) is 30.3 Å². The van der Waals surface area contributed by atoms with Crippen molar-refractivity contribution in [3.63, 3.8) is 0 Å². The average Bonchev–Trinajstić information content (AvgIpc) is 3.03. The first kappa shape index (κ1) is 24.9. The number of carbonyl (C=O) groups is 3. The molecule has 0 aromatic heterocycles. The van der Waals surface area contributed by atoms with Crippen LogP contribution in [0.25, 0.3) is 0 Å². The summed E-state index contributed by atoms with van der Waals surface area (Å²) < 4.78 is 14.0. The van der Waals surface area contributed by atoms with Gasteiger partial charge in [0.25, 0.3) is 17.7 Å². The molecule has 0 saturated carbocycles. The van der Waals surface area contributed by atoms with Gasteiger partial charge in [0.1, 0.15) is 5.82 Å². The van der Waals surface area contributed by atoms with Crippen LogP contribution in [-0.4, -0.2) is 53.2 Å². The van der Waals surface area contributed by atoms with Crippen LogP contribution in [0.1, 0.15) is 69.2 Å². The Morgan fingerprint density at radius 2 is 1.85 bits per heavy atom. The first-order valence-corrected chi connectivity index (χ1v) is 11.2. The number of hydrogen-bond donors (Lipinski definition) is 1. The van der Waals surface area contributed by atoms with Gasteiger partial charge in [-0.05, 0) is 57.0 Å². The van der Waals surface area contributed by atoms with Crippen LogP contribution < -0.4 is 5.32 Å². The maximum Gasteiger partial charge on any atom is 0.261 e. The van der Waals surface area contributed by atoms with Crippen LogP contribution in [0.15, 0.2) is 42.5 Å². The Balaban J connectivity index is 0.00000306. The summed E-state index contributed by atoms with van der Waals surface area (Å²) in [5.74, 6) is -1.73. The minimum atomic E-state index is -0.512. The second kappa shape index (κ2) is 10.9. The number of halogens is 2. The summed E-state index contributed by atoms with van der Waals surface area (Å²) in [6, 6.07) is 11.2. The van der Waals surface area contributed by atoms with E-state index in [4.69, 9.17) is 0 Å². The van der Waals surface area contributed by atoms with Gasteiger partial charge in [-0.1, -0.05) is 24.6 Å². The minimum absolute atomic E-state index is 0. The summed E-state index contributed by atoms with van der Waals surface area (Å²) in [5, 5.41) is 2.90. The molecule has 1 fully saturated rings. The first-order valence-electron chi connectivity index (χ1n) is 11.2. The third-order valence-corrected chi connectivity index (χ3v) is 6.37. The molecule has 1 N–H and O–H groups in total. The molecule has 1 saturated heterocycles. The number of nitrogens with zero attached hydrogens (tertiary/aromatic N) is 2. The Hall–Kier alpha value is -2.77. The van der Waals surface area contributed by atoms with Crippen molar-refractivity contribution in [1.29, 1.82) is 0 Å². The van der Waals surface area contributed by atoms with Gasteiger partial charge in [0.2, 0.25) is 0 Å². The van der Waals surface area contributed by atoms with Crippen LogP contribution in [0.3, 0.4) is 0 Å². The van der Waals surface area contributed by atoms with E-state index in [0.29, 0.717) is 18.2 Å². The lowest BCUT2D eigenvalue weighted by Crippen LogP contribution is -2.39. The van der Waals surface area contributed by atoms with Gasteiger partial charge in [0.15, 0.2) is 0 Å². The molecule has 0 bridgehead atoms. The van der Waals surface area contributed by atoms with Crippen molar-refractivity contribution in [1.82, 2.24) is 15.1 Å². The Kier molecular flexibility index (Phi) is 8.21. The summed E-state index contributed by atoms with van der Waals surface area (Å²) in [6.45, 7) is 4.71. The molecule has 6 nitrogen and oxygen atoms in total. The highest BCUT2D eigenvalue weighted by Gasteiger charge is 2.36. The van der Waals surface area contributed by atoms with Gasteiger partial charge < -0.3 is 10.2 Å². The molecule has 2 aliphatic heterocycles. The second-order valence-electron chi connectivity index (χ2n) is 8.54. The van der Waals surface area contributed by atoms with Crippen LogP contribution in [0.2, 0.25) is 0 Å². The van der Waals surface area contributed by atoms with Gasteiger partial charge in [-0.15, -0.1) is 12.4 Å². The van der Waals surface area contributed by atoms with E-state index in [2.05, 4.69) is 17.1 Å². The topological polar surface area (TPSA) is 69.7 Å². The SMILES string of the molecule is CC1CCCCN1CCCNC(=O)c1ccc2c(c1)C(=O)N(Cc1ccccc1F)C2=O.Cl. The van der Waals surface area contributed by atoms with E-state index in [1.54, 1.807) is 24.3 Å². The van der Waals surface area contributed by atoms with Crippen LogP contribution >= 0.6 is 12.4 Å². The number of carbonyl (C=O) groups excluding carboxylic acids is 3. The molecule has 1 unspecified atom stereocenters. The predicted octanol–water partition coefficient (Wildman–Crippen LogP) is 4.04. The fourth-order valence-corrected chi connectivity index (χ4v) is 4.45. The number of piperidine rings is 1. The van der Waals surface area contributed by atoms with E-state index in [0.717, 1.165) is 24.4 Å². The van der Waals surface area contributed by atoms with Crippen LogP contribution in [-0.2, 0) is 6.54 Å². The largest absolute Gasteiger partial charge is 0.352 e. The van der Waals surface area contributed by atoms with Crippen LogP contribution in [0.5, 0.6) is 0 Å². The molecule has 2 aliphatic rings. The quantitative estimate of drug-likeness (QED) is 0.486. The number of amides is 3. The Morgan fingerprint density at radius 3 is 2.61 bits per heavy atom. The molecule has 0 spiro atoms. The molecule has 176 valence electrons. The van der Waals surface area contributed by atoms with Crippen molar-refractivity contribution >= 4 is 30.1 Å². The van der Waals surface area contributed by atoms with E-state index >= 15 is 0 Å². The normalized spacial score (nSPS) is 18.1. The molecule has 33 heavy (non-hydrogen) atoms. The van der Waals surface area contributed by atoms with Crippen molar-refractivity contribution in [3.8, 4) is 0 Å². The first-order chi connectivity index (χ1) is 15.5. The molecule has 4 rings (SSSR count). The fraction of sp³-hybridized carbons (Fsp3) is 0.400. The van der Waals surface area contributed by atoms with Crippen molar-refractivity contribution < 1.29 is 18.8 Å². The number of likely N-dealkylation sites (tertiary alicyclic amines) is 1. The number of fused-ring (bicyclic) bond motifs is 1. The molecule has 1 atom stereocenters. The zero-order valence-corrected chi connectivity index (χ0v) is 19.5. The van der Waals surface area contributed by atoms with Gasteiger partial charge in [-0.25, -0.2) is 4.39 Å². The van der Waals surface area contributed by atoms with Crippen molar-refractivity contribution in [3.05, 3.63) is 70.5 Å². The zero-order chi connectivity index (χ0) is 22.7. The van der Waals surface area contributed by atoms with E-state index in [9.17, 15) is 18.8 Å². The van der Waals surface area contributed by atoms with Crippen LogP contribution in [0.4, 0.5) is 4.39 Å². The van der Waals surface area contributed by atoms with Crippen molar-refractivity contribution in [2.45, 2.75) is 45.2 Å². The summed E-state index contributed by atoms with van der Waals surface area (Å²) in [7, 11) is 0. The lowest BCUT2D eigenvalue weighted by atomic mass is 10.0. The highest BCUT2D eigenvalue weighted by molar-refractivity contribution is 6.22. The van der Waals surface area contributed by atoms with E-state index in [1.165, 1.54) is 37.5 Å². The Bertz CT molecular complexity index is 1050. The number of hydrogen-bond acceptors (Lipinski definition) is 4. The summed E-state index contributed by atoms with van der Waals surface area (Å²) in [4.78, 5) is 41.5. The highest BCUT2D eigenvalue weighted by Crippen LogP contribution is 2.26. The Labute approximate surface area is 199 Å². The molecule has 0 radical (unpaired) electrons. The average molecular weight is 474 g/mol. The Morgan fingerprint density at radius 1 is 1.09 bits per heavy atom. The summed E-state index contributed by atoms with van der Waals surface area (Å²) >= 11 is 0. The van der Waals surface area contributed by atoms with Crippen molar-refractivity contribution in [2.75, 3.05) is 19.6 Å². The third-order valence-electron chi connectivity index (χ3n) is 6.37. The van der Waals surface area contributed by atoms with E-state index < -0.39 is 17.6 Å². The number of imide groups is 1. The predicted molar refractivity (Wildman–Crippen MR) is 126 cm³/mol. The maximum absolute atomic E-state index is 14.0. The second-order valence-corrected chi connectivity index (χ2v) is 8.54. The van der Waals surface area contributed by atoms with Gasteiger partial charge in [-0.2, -0.15) is 0 Å². The molecule has 2 aromatic rings. The number of benzene rings is 2. The third kappa shape index (κ3) is 5.42. The number of rotatable bonds is 7. The smallest absolute Gasteiger partial charge is 0.261 e. The molecule has 0 aliphatic carbocycles. The van der Waals surface area contributed by atoms with E-state index in [-0.39, 0.29) is 41.5 Å². The van der Waals surface area contributed by atoms with Gasteiger partial charge in [0.05, 0.1) is 17.7 Å². The van der Waals surface area contributed by atoms with Gasteiger partial charge >= 0.3 is 0 Å². The van der Waals surface area contributed by atoms with Gasteiger partial charge in [-0.3, -0.25) is 19.3 Å². The summed E-state index contributed by atoms with van der Waals surface area (Å²) in [5.41, 5.74) is 1.02. The zero-order valence-electron chi connectivity index (χ0n) is 18.7.